The van der Waals surface area contributed by atoms with Crippen LogP contribution in [0, 0.1) is 12.7 Å². The number of fused-ring (bicyclic) bond motifs is 1. The molecule has 0 unspecified atom stereocenters. The number of hydrogen-bond acceptors (Lipinski definition) is 4. The molecule has 1 aromatic carbocycles. The van der Waals surface area contributed by atoms with E-state index >= 15 is 0 Å². The van der Waals surface area contributed by atoms with Crippen LogP contribution in [0.4, 0.5) is 4.39 Å². The molecular weight excluding hydrogens is 327 g/mol. The molecule has 0 aliphatic rings. The summed E-state index contributed by atoms with van der Waals surface area (Å²) in [4.78, 5) is 8.23. The van der Waals surface area contributed by atoms with Crippen LogP contribution in [0.25, 0.3) is 11.0 Å². The number of aryl methyl sites for hydroxylation is 2. The molecule has 0 saturated heterocycles. The van der Waals surface area contributed by atoms with Crippen molar-refractivity contribution in [3.8, 4) is 11.6 Å². The third kappa shape index (κ3) is 2.14. The zero-order valence-electron chi connectivity index (χ0n) is 10.8. The first-order valence-electron chi connectivity index (χ1n) is 5.83. The second-order valence-corrected chi connectivity index (χ2v) is 5.06. The number of aromatic nitrogens is 4. The summed E-state index contributed by atoms with van der Waals surface area (Å²) in [6.45, 7) is 1.69. The molecule has 0 aliphatic carbocycles. The minimum atomic E-state index is -0.321. The summed E-state index contributed by atoms with van der Waals surface area (Å²) < 4.78 is 21.4. The lowest BCUT2D eigenvalue weighted by Crippen LogP contribution is -1.94. The van der Waals surface area contributed by atoms with Crippen LogP contribution in [0.15, 0.2) is 29.1 Å². The van der Waals surface area contributed by atoms with E-state index in [9.17, 15) is 4.39 Å². The highest BCUT2D eigenvalue weighted by Crippen LogP contribution is 2.31. The Balaban J connectivity index is 2.08. The molecule has 0 fully saturated rings. The number of nitrogens with zero attached hydrogens (tertiary/aromatic N) is 4. The minimum absolute atomic E-state index is 0.321. The van der Waals surface area contributed by atoms with Gasteiger partial charge in [-0.1, -0.05) is 6.07 Å². The zero-order chi connectivity index (χ0) is 14.3. The maximum absolute atomic E-state index is 13.5. The van der Waals surface area contributed by atoms with Crippen LogP contribution >= 0.6 is 15.9 Å². The molecule has 0 spiro atoms. The Labute approximate surface area is 122 Å². The maximum atomic E-state index is 13.5. The third-order valence-electron chi connectivity index (χ3n) is 2.90. The quantitative estimate of drug-likeness (QED) is 0.720. The average molecular weight is 337 g/mol. The number of hydrogen-bond donors (Lipinski definition) is 0. The second kappa shape index (κ2) is 4.82. The zero-order valence-corrected chi connectivity index (χ0v) is 12.3. The highest BCUT2D eigenvalue weighted by atomic mass is 79.9. The van der Waals surface area contributed by atoms with Gasteiger partial charge in [-0.25, -0.2) is 19.0 Å². The van der Waals surface area contributed by atoms with Crippen molar-refractivity contribution >= 4 is 27.0 Å². The van der Waals surface area contributed by atoms with Gasteiger partial charge >= 0.3 is 0 Å². The van der Waals surface area contributed by atoms with E-state index in [0.717, 1.165) is 0 Å². The summed E-state index contributed by atoms with van der Waals surface area (Å²) in [5.41, 5.74) is 1.20. The van der Waals surface area contributed by atoms with Gasteiger partial charge in [0, 0.05) is 13.1 Å². The monoisotopic (exact) mass is 336 g/mol. The highest BCUT2D eigenvalue weighted by molar-refractivity contribution is 9.10. The molecule has 3 aromatic rings. The lowest BCUT2D eigenvalue weighted by atomic mass is 10.2. The second-order valence-electron chi connectivity index (χ2n) is 4.30. The van der Waals surface area contributed by atoms with Gasteiger partial charge in [0.1, 0.15) is 27.9 Å². The topological polar surface area (TPSA) is 52.8 Å². The van der Waals surface area contributed by atoms with E-state index in [-0.39, 0.29) is 5.82 Å². The van der Waals surface area contributed by atoms with Crippen molar-refractivity contribution in [3.05, 3.63) is 40.5 Å². The highest BCUT2D eigenvalue weighted by Gasteiger charge is 2.15. The lowest BCUT2D eigenvalue weighted by Gasteiger charge is -2.06. The van der Waals surface area contributed by atoms with Crippen molar-refractivity contribution in [3.63, 3.8) is 0 Å². The fraction of sp³-hybridized carbons (Fsp3) is 0.154. The van der Waals surface area contributed by atoms with Crippen LogP contribution in [-0.2, 0) is 7.05 Å². The van der Waals surface area contributed by atoms with Gasteiger partial charge in [-0.05, 0) is 34.5 Å². The fourth-order valence-corrected chi connectivity index (χ4v) is 2.43. The van der Waals surface area contributed by atoms with E-state index in [1.165, 1.54) is 12.4 Å². The molecule has 102 valence electrons. The molecule has 0 N–H and O–H groups in total. The van der Waals surface area contributed by atoms with Gasteiger partial charge in [0.25, 0.3) is 0 Å². The van der Waals surface area contributed by atoms with Gasteiger partial charge in [-0.2, -0.15) is 5.10 Å². The van der Waals surface area contributed by atoms with E-state index in [4.69, 9.17) is 4.74 Å². The van der Waals surface area contributed by atoms with Crippen LogP contribution < -0.4 is 4.74 Å². The van der Waals surface area contributed by atoms with Gasteiger partial charge in [0.15, 0.2) is 5.65 Å². The number of rotatable bonds is 2. The van der Waals surface area contributed by atoms with Crippen molar-refractivity contribution in [1.82, 2.24) is 19.7 Å². The van der Waals surface area contributed by atoms with Crippen LogP contribution in [0.1, 0.15) is 5.56 Å². The largest absolute Gasteiger partial charge is 0.438 e. The Morgan fingerprint density at radius 2 is 2.10 bits per heavy atom. The van der Waals surface area contributed by atoms with Gasteiger partial charge in [-0.15, -0.1) is 0 Å². The summed E-state index contributed by atoms with van der Waals surface area (Å²) in [7, 11) is 1.77. The Morgan fingerprint density at radius 3 is 2.85 bits per heavy atom. The number of ether oxygens (including phenoxy) is 1. The summed E-state index contributed by atoms with van der Waals surface area (Å²) in [5.74, 6) is 0.389. The summed E-state index contributed by atoms with van der Waals surface area (Å²) in [6, 6.07) is 4.67. The first kappa shape index (κ1) is 13.0. The molecule has 3 rings (SSSR count). The summed E-state index contributed by atoms with van der Waals surface area (Å²) in [6.07, 6.45) is 1.39. The molecular formula is C13H10BrFN4O. The fourth-order valence-electron chi connectivity index (χ4n) is 1.84. The van der Waals surface area contributed by atoms with E-state index in [0.29, 0.717) is 32.8 Å². The molecule has 5 nitrogen and oxygen atoms in total. The molecule has 0 radical (unpaired) electrons. The van der Waals surface area contributed by atoms with E-state index < -0.39 is 0 Å². The van der Waals surface area contributed by atoms with Gasteiger partial charge in [0.05, 0.1) is 0 Å². The van der Waals surface area contributed by atoms with Crippen LogP contribution in [0.5, 0.6) is 11.6 Å². The van der Waals surface area contributed by atoms with Gasteiger partial charge in [-0.3, -0.25) is 0 Å². The number of benzene rings is 1. The van der Waals surface area contributed by atoms with Crippen molar-refractivity contribution in [1.29, 1.82) is 0 Å². The van der Waals surface area contributed by atoms with Crippen LogP contribution in [0.3, 0.4) is 0 Å². The first-order chi connectivity index (χ1) is 9.56. The molecule has 0 saturated carbocycles. The molecule has 0 aliphatic heterocycles. The molecule has 20 heavy (non-hydrogen) atoms. The van der Waals surface area contributed by atoms with Gasteiger partial charge in [0.2, 0.25) is 5.88 Å². The molecule has 7 heteroatoms. The molecule has 0 atom stereocenters. The van der Waals surface area contributed by atoms with E-state index in [1.54, 1.807) is 30.8 Å². The van der Waals surface area contributed by atoms with E-state index in [1.807, 2.05) is 0 Å². The summed E-state index contributed by atoms with van der Waals surface area (Å²) >= 11 is 3.34. The maximum Gasteiger partial charge on any atom is 0.234 e. The lowest BCUT2D eigenvalue weighted by molar-refractivity contribution is 0.462. The number of halogens is 2. The SMILES string of the molecule is Cc1ccc(Oc2ncnc3c2c(Br)nn3C)cc1F. The third-order valence-corrected chi connectivity index (χ3v) is 3.46. The predicted octanol–water partition coefficient (Wildman–Crippen LogP) is 3.37. The van der Waals surface area contributed by atoms with Crippen LogP contribution in [0.2, 0.25) is 0 Å². The van der Waals surface area contributed by atoms with E-state index in [2.05, 4.69) is 31.0 Å². The van der Waals surface area contributed by atoms with Crippen LogP contribution in [-0.4, -0.2) is 19.7 Å². The Bertz CT molecular complexity index is 802. The molecule has 2 aromatic heterocycles. The van der Waals surface area contributed by atoms with Crippen molar-refractivity contribution in [2.45, 2.75) is 6.92 Å². The normalized spacial score (nSPS) is 11.0. The molecule has 0 amide bonds. The van der Waals surface area contributed by atoms with Crippen molar-refractivity contribution in [2.24, 2.45) is 7.05 Å². The van der Waals surface area contributed by atoms with Crippen molar-refractivity contribution < 1.29 is 9.13 Å². The molecule has 0 bridgehead atoms. The Morgan fingerprint density at radius 1 is 1.30 bits per heavy atom. The standard InChI is InChI=1S/C13H10BrFN4O/c1-7-3-4-8(5-9(7)15)20-13-10-11(14)18-19(2)12(10)16-6-17-13/h3-6H,1-2H3. The first-order valence-corrected chi connectivity index (χ1v) is 6.63. The average Bonchev–Trinajstić information content (AvgIpc) is 2.71. The Kier molecular flexibility index (Phi) is 3.13. The van der Waals surface area contributed by atoms with Crippen molar-refractivity contribution in [2.75, 3.05) is 0 Å². The predicted molar refractivity (Wildman–Crippen MR) is 75.2 cm³/mol. The summed E-state index contributed by atoms with van der Waals surface area (Å²) in [5, 5.41) is 4.85. The minimum Gasteiger partial charge on any atom is -0.438 e. The Hall–Kier alpha value is -2.02. The smallest absolute Gasteiger partial charge is 0.234 e. The molecule has 2 heterocycles. The van der Waals surface area contributed by atoms with Gasteiger partial charge < -0.3 is 4.74 Å².